The zero-order chi connectivity index (χ0) is 16.5. The summed E-state index contributed by atoms with van der Waals surface area (Å²) in [6.45, 7) is 6.18. The molecule has 0 amide bonds. The van der Waals surface area contributed by atoms with Crippen molar-refractivity contribution in [2.24, 2.45) is 0 Å². The zero-order valence-corrected chi connectivity index (χ0v) is 14.2. The summed E-state index contributed by atoms with van der Waals surface area (Å²) < 4.78 is 0. The Morgan fingerprint density at radius 3 is 2.83 bits per heavy atom. The highest BCUT2D eigenvalue weighted by molar-refractivity contribution is 5.37. The third-order valence-corrected chi connectivity index (χ3v) is 4.96. The Labute approximate surface area is 142 Å². The van der Waals surface area contributed by atoms with Crippen molar-refractivity contribution in [2.45, 2.75) is 32.9 Å². The van der Waals surface area contributed by atoms with Gasteiger partial charge in [0.2, 0.25) is 0 Å². The number of aromatic nitrogens is 3. The first-order valence-electron chi connectivity index (χ1n) is 8.45. The third kappa shape index (κ3) is 2.74. The quantitative estimate of drug-likeness (QED) is 0.803. The van der Waals surface area contributed by atoms with Gasteiger partial charge in [-0.2, -0.15) is 0 Å². The lowest BCUT2D eigenvalue weighted by Gasteiger charge is -2.35. The Hall–Kier alpha value is -2.46. The minimum absolute atomic E-state index is 0.182. The van der Waals surface area contributed by atoms with Crippen molar-refractivity contribution in [3.05, 3.63) is 82.7 Å². The Bertz CT molecular complexity index is 838. The second-order valence-corrected chi connectivity index (χ2v) is 6.55. The highest BCUT2D eigenvalue weighted by Crippen LogP contribution is 2.34. The molecule has 4 rings (SSSR count). The number of benzene rings is 1. The van der Waals surface area contributed by atoms with E-state index in [1.807, 2.05) is 18.6 Å². The van der Waals surface area contributed by atoms with Crippen molar-refractivity contribution in [1.29, 1.82) is 0 Å². The molecule has 4 heteroatoms. The fourth-order valence-electron chi connectivity index (χ4n) is 3.50. The summed E-state index contributed by atoms with van der Waals surface area (Å²) in [4.78, 5) is 14.9. The van der Waals surface area contributed by atoms with Gasteiger partial charge < -0.3 is 4.98 Å². The van der Waals surface area contributed by atoms with E-state index >= 15 is 0 Å². The predicted molar refractivity (Wildman–Crippen MR) is 94.7 cm³/mol. The highest BCUT2D eigenvalue weighted by Gasteiger charge is 2.31. The number of H-pyrrole nitrogens is 1. The Morgan fingerprint density at radius 2 is 2.04 bits per heavy atom. The fraction of sp³-hybridized carbons (Fsp3) is 0.300. The Morgan fingerprint density at radius 1 is 1.12 bits per heavy atom. The van der Waals surface area contributed by atoms with Crippen LogP contribution >= 0.6 is 0 Å². The average molecular weight is 318 g/mol. The summed E-state index contributed by atoms with van der Waals surface area (Å²) >= 11 is 0. The number of rotatable bonds is 3. The van der Waals surface area contributed by atoms with Gasteiger partial charge in [-0.25, -0.2) is 4.98 Å². The molecule has 0 bridgehead atoms. The molecule has 0 saturated carbocycles. The summed E-state index contributed by atoms with van der Waals surface area (Å²) in [5.41, 5.74) is 7.48. The molecular formula is C20H22N4. The molecule has 0 radical (unpaired) electrons. The molecule has 2 aromatic heterocycles. The first-order valence-corrected chi connectivity index (χ1v) is 8.45. The fourth-order valence-corrected chi connectivity index (χ4v) is 3.50. The van der Waals surface area contributed by atoms with Gasteiger partial charge >= 0.3 is 0 Å². The van der Waals surface area contributed by atoms with Crippen LogP contribution in [0, 0.1) is 13.8 Å². The van der Waals surface area contributed by atoms with Crippen LogP contribution in [0.4, 0.5) is 0 Å². The molecule has 3 aromatic rings. The van der Waals surface area contributed by atoms with Gasteiger partial charge in [-0.1, -0.05) is 24.3 Å². The molecule has 3 heterocycles. The van der Waals surface area contributed by atoms with Gasteiger partial charge in [-0.15, -0.1) is 0 Å². The summed E-state index contributed by atoms with van der Waals surface area (Å²) in [5.74, 6) is 0. The van der Waals surface area contributed by atoms with E-state index in [2.05, 4.69) is 64.0 Å². The maximum absolute atomic E-state index is 4.64. The van der Waals surface area contributed by atoms with Gasteiger partial charge in [0.05, 0.1) is 23.8 Å². The number of nitrogens with zero attached hydrogens (tertiary/aromatic N) is 3. The van der Waals surface area contributed by atoms with Gasteiger partial charge in [0, 0.05) is 31.4 Å². The van der Waals surface area contributed by atoms with Crippen molar-refractivity contribution in [3.8, 4) is 0 Å². The van der Waals surface area contributed by atoms with Crippen LogP contribution in [0.3, 0.4) is 0 Å². The van der Waals surface area contributed by atoms with Crippen molar-refractivity contribution >= 4 is 0 Å². The summed E-state index contributed by atoms with van der Waals surface area (Å²) in [5, 5.41) is 0. The average Bonchev–Trinajstić information content (AvgIpc) is 3.07. The SMILES string of the molecule is Cc1ccc(C2c3nc[nH]c3CCN2Cc2ccccn2)cc1C. The van der Waals surface area contributed by atoms with Crippen LogP contribution in [0.2, 0.25) is 0 Å². The van der Waals surface area contributed by atoms with Crippen LogP contribution in [-0.4, -0.2) is 26.4 Å². The second-order valence-electron chi connectivity index (χ2n) is 6.55. The van der Waals surface area contributed by atoms with Crippen LogP contribution in [0.25, 0.3) is 0 Å². The molecule has 1 aromatic carbocycles. The smallest absolute Gasteiger partial charge is 0.0926 e. The second kappa shape index (κ2) is 6.21. The van der Waals surface area contributed by atoms with E-state index < -0.39 is 0 Å². The van der Waals surface area contributed by atoms with E-state index in [1.165, 1.54) is 22.4 Å². The molecule has 1 unspecified atom stereocenters. The van der Waals surface area contributed by atoms with E-state index in [1.54, 1.807) is 0 Å². The van der Waals surface area contributed by atoms with Crippen LogP contribution < -0.4 is 0 Å². The first-order chi connectivity index (χ1) is 11.7. The number of aryl methyl sites for hydroxylation is 2. The summed E-state index contributed by atoms with van der Waals surface area (Å²) in [6.07, 6.45) is 4.69. The molecule has 0 fully saturated rings. The number of fused-ring (bicyclic) bond motifs is 1. The molecule has 1 N–H and O–H groups in total. The van der Waals surface area contributed by atoms with E-state index in [0.717, 1.165) is 30.9 Å². The normalized spacial score (nSPS) is 17.7. The van der Waals surface area contributed by atoms with Crippen LogP contribution in [0.15, 0.2) is 48.9 Å². The van der Waals surface area contributed by atoms with E-state index in [-0.39, 0.29) is 6.04 Å². The van der Waals surface area contributed by atoms with Gasteiger partial charge in [0.1, 0.15) is 0 Å². The van der Waals surface area contributed by atoms with Gasteiger partial charge in [-0.3, -0.25) is 9.88 Å². The van der Waals surface area contributed by atoms with Crippen LogP contribution in [0.1, 0.15) is 39.8 Å². The van der Waals surface area contributed by atoms with Gasteiger partial charge in [0.25, 0.3) is 0 Å². The Kier molecular flexibility index (Phi) is 3.90. The molecule has 24 heavy (non-hydrogen) atoms. The van der Waals surface area contributed by atoms with Crippen LogP contribution in [0.5, 0.6) is 0 Å². The topological polar surface area (TPSA) is 44.8 Å². The third-order valence-electron chi connectivity index (χ3n) is 4.96. The highest BCUT2D eigenvalue weighted by atomic mass is 15.2. The van der Waals surface area contributed by atoms with E-state index in [0.29, 0.717) is 0 Å². The maximum atomic E-state index is 4.64. The minimum atomic E-state index is 0.182. The monoisotopic (exact) mass is 318 g/mol. The summed E-state index contributed by atoms with van der Waals surface area (Å²) in [7, 11) is 0. The molecule has 0 saturated heterocycles. The molecule has 4 nitrogen and oxygen atoms in total. The number of hydrogen-bond acceptors (Lipinski definition) is 3. The molecule has 0 spiro atoms. The molecule has 122 valence electrons. The molecular weight excluding hydrogens is 296 g/mol. The maximum Gasteiger partial charge on any atom is 0.0926 e. The molecule has 1 aliphatic heterocycles. The van der Waals surface area contributed by atoms with Crippen molar-refractivity contribution < 1.29 is 0 Å². The standard InChI is InChI=1S/C20H22N4/c1-14-6-7-16(11-15(14)2)20-19-18(22-13-23-19)8-10-24(20)12-17-5-3-4-9-21-17/h3-7,9,11,13,20H,8,10,12H2,1-2H3,(H,22,23). The first kappa shape index (κ1) is 15.1. The number of hydrogen-bond donors (Lipinski definition) is 1. The predicted octanol–water partition coefficient (Wildman–Crippen LogP) is 3.57. The Balaban J connectivity index is 1.74. The van der Waals surface area contributed by atoms with Gasteiger partial charge in [0.15, 0.2) is 0 Å². The lowest BCUT2D eigenvalue weighted by Crippen LogP contribution is -2.36. The van der Waals surface area contributed by atoms with Crippen molar-refractivity contribution in [2.75, 3.05) is 6.54 Å². The molecule has 1 atom stereocenters. The zero-order valence-electron chi connectivity index (χ0n) is 14.2. The molecule has 1 aliphatic rings. The van der Waals surface area contributed by atoms with E-state index in [9.17, 15) is 0 Å². The lowest BCUT2D eigenvalue weighted by molar-refractivity contribution is 0.198. The summed E-state index contributed by atoms with van der Waals surface area (Å²) in [6, 6.07) is 13.0. The van der Waals surface area contributed by atoms with E-state index in [4.69, 9.17) is 0 Å². The lowest BCUT2D eigenvalue weighted by atomic mass is 9.93. The number of nitrogens with one attached hydrogen (secondary N) is 1. The number of imidazole rings is 1. The van der Waals surface area contributed by atoms with Crippen LogP contribution in [-0.2, 0) is 13.0 Å². The number of pyridine rings is 1. The number of aromatic amines is 1. The molecule has 0 aliphatic carbocycles. The van der Waals surface area contributed by atoms with Crippen molar-refractivity contribution in [3.63, 3.8) is 0 Å². The minimum Gasteiger partial charge on any atom is -0.348 e. The van der Waals surface area contributed by atoms with Gasteiger partial charge in [-0.05, 0) is 42.7 Å². The largest absolute Gasteiger partial charge is 0.348 e. The van der Waals surface area contributed by atoms with Crippen molar-refractivity contribution in [1.82, 2.24) is 19.9 Å².